The summed E-state index contributed by atoms with van der Waals surface area (Å²) in [5, 5.41) is 2.79. The van der Waals surface area contributed by atoms with Gasteiger partial charge in [-0.15, -0.1) is 0 Å². The molecule has 3 rings (SSSR count). The van der Waals surface area contributed by atoms with Crippen molar-refractivity contribution in [2.24, 2.45) is 0 Å². The minimum absolute atomic E-state index is 0.197. The molecule has 0 aliphatic heterocycles. The number of methoxy groups -OCH3 is 1. The summed E-state index contributed by atoms with van der Waals surface area (Å²) in [5.41, 5.74) is 1.32. The van der Waals surface area contributed by atoms with Crippen molar-refractivity contribution >= 4 is 5.91 Å². The predicted octanol–water partition coefficient (Wildman–Crippen LogP) is 4.02. The number of halogens is 1. The van der Waals surface area contributed by atoms with Crippen LogP contribution in [0, 0.1) is 5.82 Å². The van der Waals surface area contributed by atoms with E-state index in [2.05, 4.69) is 5.32 Å². The number of hydrogen-bond donors (Lipinski definition) is 1. The first-order valence-corrected chi connectivity index (χ1v) is 7.42. The molecule has 0 radical (unpaired) electrons. The maximum atomic E-state index is 12.9. The van der Waals surface area contributed by atoms with Crippen molar-refractivity contribution in [2.45, 2.75) is 6.54 Å². The first kappa shape index (κ1) is 15.8. The summed E-state index contributed by atoms with van der Waals surface area (Å²) in [6.45, 7) is 0.270. The second-order valence-electron chi connectivity index (χ2n) is 5.18. The Morgan fingerprint density at radius 3 is 2.42 bits per heavy atom. The zero-order chi connectivity index (χ0) is 16.9. The highest BCUT2D eigenvalue weighted by molar-refractivity contribution is 5.94. The average molecular weight is 325 g/mol. The molecule has 0 saturated carbocycles. The van der Waals surface area contributed by atoms with Crippen LogP contribution in [0.1, 0.15) is 16.1 Å². The molecule has 0 fully saturated rings. The molecular formula is C19H16FNO3. The molecule has 122 valence electrons. The molecule has 0 aliphatic carbocycles. The van der Waals surface area contributed by atoms with Gasteiger partial charge in [0.25, 0.3) is 5.91 Å². The Morgan fingerprint density at radius 1 is 1.04 bits per heavy atom. The molecule has 0 unspecified atom stereocenters. The van der Waals surface area contributed by atoms with Gasteiger partial charge in [0.05, 0.1) is 13.7 Å². The molecule has 0 saturated heterocycles. The van der Waals surface area contributed by atoms with E-state index < -0.39 is 0 Å². The van der Waals surface area contributed by atoms with Gasteiger partial charge in [-0.1, -0.05) is 0 Å². The van der Waals surface area contributed by atoms with Crippen molar-refractivity contribution in [3.63, 3.8) is 0 Å². The fourth-order valence-electron chi connectivity index (χ4n) is 2.25. The molecule has 0 aliphatic rings. The van der Waals surface area contributed by atoms with Crippen molar-refractivity contribution in [3.05, 3.63) is 77.8 Å². The lowest BCUT2D eigenvalue weighted by molar-refractivity contribution is 0.0948. The molecule has 5 heteroatoms. The first-order valence-electron chi connectivity index (χ1n) is 7.42. The number of furan rings is 1. The molecule has 24 heavy (non-hydrogen) atoms. The summed E-state index contributed by atoms with van der Waals surface area (Å²) in [5.74, 6) is 1.45. The van der Waals surface area contributed by atoms with Crippen LogP contribution in [-0.4, -0.2) is 13.0 Å². The van der Waals surface area contributed by atoms with E-state index in [4.69, 9.17) is 9.15 Å². The van der Waals surface area contributed by atoms with Crippen LogP contribution in [0.5, 0.6) is 5.75 Å². The van der Waals surface area contributed by atoms with Gasteiger partial charge in [0.2, 0.25) is 0 Å². The Balaban J connectivity index is 1.62. The Kier molecular flexibility index (Phi) is 4.61. The first-order chi connectivity index (χ1) is 11.7. The van der Waals surface area contributed by atoms with Crippen LogP contribution >= 0.6 is 0 Å². The van der Waals surface area contributed by atoms with Crippen LogP contribution < -0.4 is 10.1 Å². The van der Waals surface area contributed by atoms with Crippen LogP contribution in [0.15, 0.2) is 65.1 Å². The highest BCUT2D eigenvalue weighted by Crippen LogP contribution is 2.22. The number of carbonyl (C=O) groups excluding carboxylic acids is 1. The molecule has 1 heterocycles. The zero-order valence-corrected chi connectivity index (χ0v) is 13.1. The Morgan fingerprint density at radius 2 is 1.75 bits per heavy atom. The van der Waals surface area contributed by atoms with E-state index >= 15 is 0 Å². The van der Waals surface area contributed by atoms with Gasteiger partial charge in [-0.05, 0) is 60.7 Å². The molecular weight excluding hydrogens is 309 g/mol. The van der Waals surface area contributed by atoms with Gasteiger partial charge in [-0.25, -0.2) is 4.39 Å². The summed E-state index contributed by atoms with van der Waals surface area (Å²) < 4.78 is 23.7. The van der Waals surface area contributed by atoms with E-state index in [9.17, 15) is 9.18 Å². The summed E-state index contributed by atoms with van der Waals surface area (Å²) in [6, 6.07) is 16.5. The minimum Gasteiger partial charge on any atom is -0.497 e. The van der Waals surface area contributed by atoms with Gasteiger partial charge in [-0.3, -0.25) is 4.79 Å². The van der Waals surface area contributed by atoms with E-state index in [1.165, 1.54) is 12.1 Å². The molecule has 1 aromatic heterocycles. The number of carbonyl (C=O) groups is 1. The lowest BCUT2D eigenvalue weighted by Crippen LogP contribution is -2.22. The highest BCUT2D eigenvalue weighted by atomic mass is 19.1. The molecule has 2 aromatic carbocycles. The lowest BCUT2D eigenvalue weighted by atomic mass is 10.2. The van der Waals surface area contributed by atoms with Gasteiger partial charge in [0, 0.05) is 11.1 Å². The average Bonchev–Trinajstić information content (AvgIpc) is 3.09. The standard InChI is InChI=1S/C19H16FNO3/c1-23-16-8-4-14(5-9-16)19(22)21-12-17-10-11-18(24-17)13-2-6-15(20)7-3-13/h2-11H,12H2,1H3,(H,21,22). The lowest BCUT2D eigenvalue weighted by Gasteiger charge is -2.05. The van der Waals surface area contributed by atoms with Crippen molar-refractivity contribution in [1.29, 1.82) is 0 Å². The number of ether oxygens (including phenoxy) is 1. The molecule has 1 amide bonds. The van der Waals surface area contributed by atoms with Gasteiger partial charge in [0.15, 0.2) is 0 Å². The molecule has 0 bridgehead atoms. The predicted molar refractivity (Wildman–Crippen MR) is 88.3 cm³/mol. The SMILES string of the molecule is COc1ccc(C(=O)NCc2ccc(-c3ccc(F)cc3)o2)cc1. The number of benzene rings is 2. The largest absolute Gasteiger partial charge is 0.497 e. The van der Waals surface area contributed by atoms with Crippen molar-refractivity contribution in [1.82, 2.24) is 5.32 Å². The topological polar surface area (TPSA) is 51.5 Å². The highest BCUT2D eigenvalue weighted by Gasteiger charge is 2.08. The molecule has 0 atom stereocenters. The summed E-state index contributed by atoms with van der Waals surface area (Å²) in [6.07, 6.45) is 0. The van der Waals surface area contributed by atoms with E-state index in [1.807, 2.05) is 0 Å². The van der Waals surface area contributed by atoms with Crippen LogP contribution in [0.4, 0.5) is 4.39 Å². The van der Waals surface area contributed by atoms with Crippen LogP contribution in [-0.2, 0) is 6.54 Å². The molecule has 1 N–H and O–H groups in total. The van der Waals surface area contributed by atoms with Gasteiger partial charge in [-0.2, -0.15) is 0 Å². The number of nitrogens with one attached hydrogen (secondary N) is 1. The van der Waals surface area contributed by atoms with E-state index in [0.717, 1.165) is 5.56 Å². The third kappa shape index (κ3) is 3.63. The Bertz CT molecular complexity index is 823. The Hall–Kier alpha value is -3.08. The van der Waals surface area contributed by atoms with E-state index in [-0.39, 0.29) is 18.3 Å². The molecule has 0 spiro atoms. The Labute approximate surface area is 138 Å². The summed E-state index contributed by atoms with van der Waals surface area (Å²) in [4.78, 5) is 12.1. The van der Waals surface area contributed by atoms with Crippen molar-refractivity contribution in [2.75, 3.05) is 7.11 Å². The molecule has 3 aromatic rings. The maximum absolute atomic E-state index is 12.9. The quantitative estimate of drug-likeness (QED) is 0.771. The van der Waals surface area contributed by atoms with Crippen molar-refractivity contribution < 1.29 is 18.3 Å². The third-order valence-electron chi connectivity index (χ3n) is 3.57. The normalized spacial score (nSPS) is 10.4. The second-order valence-corrected chi connectivity index (χ2v) is 5.18. The number of amides is 1. The second kappa shape index (κ2) is 7.00. The minimum atomic E-state index is -0.294. The van der Waals surface area contributed by atoms with Crippen LogP contribution in [0.25, 0.3) is 11.3 Å². The van der Waals surface area contributed by atoms with Crippen LogP contribution in [0.2, 0.25) is 0 Å². The molecule has 4 nitrogen and oxygen atoms in total. The summed E-state index contributed by atoms with van der Waals surface area (Å²) in [7, 11) is 1.57. The van der Waals surface area contributed by atoms with Gasteiger partial charge < -0.3 is 14.5 Å². The van der Waals surface area contributed by atoms with Crippen molar-refractivity contribution in [3.8, 4) is 17.1 Å². The number of hydrogen-bond acceptors (Lipinski definition) is 3. The van der Waals surface area contributed by atoms with E-state index in [1.54, 1.807) is 55.6 Å². The van der Waals surface area contributed by atoms with Gasteiger partial charge >= 0.3 is 0 Å². The monoisotopic (exact) mass is 325 g/mol. The maximum Gasteiger partial charge on any atom is 0.251 e. The van der Waals surface area contributed by atoms with E-state index in [0.29, 0.717) is 22.8 Å². The fourth-order valence-corrected chi connectivity index (χ4v) is 2.25. The fraction of sp³-hybridized carbons (Fsp3) is 0.105. The number of rotatable bonds is 5. The van der Waals surface area contributed by atoms with Gasteiger partial charge in [0.1, 0.15) is 23.1 Å². The van der Waals surface area contributed by atoms with Crippen LogP contribution in [0.3, 0.4) is 0 Å². The smallest absolute Gasteiger partial charge is 0.251 e. The summed E-state index contributed by atoms with van der Waals surface area (Å²) >= 11 is 0. The third-order valence-corrected chi connectivity index (χ3v) is 3.57. The zero-order valence-electron chi connectivity index (χ0n) is 13.1.